The van der Waals surface area contributed by atoms with E-state index in [9.17, 15) is 32.9 Å². The molecule has 1 unspecified atom stereocenters. The largest absolute Gasteiger partial charge is 0.453 e. The highest BCUT2D eigenvalue weighted by Gasteiger charge is 2.43. The topological polar surface area (TPSA) is 199 Å². The number of aromatic nitrogens is 2. The third-order valence-corrected chi connectivity index (χ3v) is 15.1. The molecule has 16 nitrogen and oxygen atoms in total. The molecule has 64 heavy (non-hydrogen) atoms. The summed E-state index contributed by atoms with van der Waals surface area (Å²) in [6.45, 7) is 4.81. The fraction of sp³-hybridized carbons (Fsp3) is 0.467. The van der Waals surface area contributed by atoms with E-state index in [1.807, 2.05) is 17.0 Å². The minimum Gasteiger partial charge on any atom is -0.453 e. The summed E-state index contributed by atoms with van der Waals surface area (Å²) >= 11 is 0. The van der Waals surface area contributed by atoms with Gasteiger partial charge in [-0.25, -0.2) is 13.8 Å². The molecule has 338 valence electrons. The Kier molecular flexibility index (Phi) is 12.7. The molecule has 3 saturated heterocycles. The first-order chi connectivity index (χ1) is 30.7. The molecule has 1 aliphatic carbocycles. The molecule has 1 aromatic heterocycles. The Balaban J connectivity index is 0.846. The van der Waals surface area contributed by atoms with Crippen LogP contribution in [0, 0.1) is 28.4 Å². The van der Waals surface area contributed by atoms with E-state index < -0.39 is 39.5 Å². The highest BCUT2D eigenvalue weighted by molar-refractivity contribution is 7.90. The molecule has 2 atom stereocenters. The van der Waals surface area contributed by atoms with E-state index in [2.05, 4.69) is 25.2 Å². The van der Waals surface area contributed by atoms with E-state index >= 15 is 8.78 Å². The number of likely N-dealkylation sites (tertiary alicyclic amines) is 2. The van der Waals surface area contributed by atoms with Crippen LogP contribution in [0.25, 0.3) is 10.9 Å². The maximum absolute atomic E-state index is 15.1. The van der Waals surface area contributed by atoms with Crippen LogP contribution in [0.4, 0.5) is 20.2 Å². The predicted molar refractivity (Wildman–Crippen MR) is 234 cm³/mol. The molecule has 0 radical (unpaired) electrons. The summed E-state index contributed by atoms with van der Waals surface area (Å²) in [5.41, 5.74) is 0.685. The van der Waals surface area contributed by atoms with Gasteiger partial charge in [0.15, 0.2) is 11.6 Å². The number of nitriles is 1. The Morgan fingerprint density at radius 2 is 1.73 bits per heavy atom. The fourth-order valence-corrected chi connectivity index (χ4v) is 10.5. The average molecular weight is 900 g/mol. The number of hydrogen-bond donors (Lipinski definition) is 3. The molecule has 4 fully saturated rings. The predicted octanol–water partition coefficient (Wildman–Crippen LogP) is 5.38. The SMILES string of the molecule is CCN(C)S(=O)(=O)Nc1ccc(F)c(Oc2ccc3ncn([C@H]4CCC5(CCN(C(=O)CN6CCC(c7ccc(NC8CCC(=O)NC8=O)c(F)c7)CC6)CC5)C4)c(=O)c3c2)c1C#N. The zero-order valence-corrected chi connectivity index (χ0v) is 36.6. The number of ether oxygens (including phenoxy) is 1. The van der Waals surface area contributed by atoms with Gasteiger partial charge in [0.05, 0.1) is 35.1 Å². The Morgan fingerprint density at radius 3 is 2.44 bits per heavy atom. The second-order valence-corrected chi connectivity index (χ2v) is 19.2. The van der Waals surface area contributed by atoms with E-state index in [0.29, 0.717) is 44.7 Å². The van der Waals surface area contributed by atoms with Crippen molar-refractivity contribution in [1.29, 1.82) is 5.26 Å². The van der Waals surface area contributed by atoms with Crippen LogP contribution in [-0.4, -0.2) is 102 Å². The van der Waals surface area contributed by atoms with Crippen molar-refractivity contribution in [3.8, 4) is 17.6 Å². The van der Waals surface area contributed by atoms with Crippen LogP contribution in [0.5, 0.6) is 11.5 Å². The van der Waals surface area contributed by atoms with Gasteiger partial charge in [0.2, 0.25) is 17.7 Å². The van der Waals surface area contributed by atoms with Crippen molar-refractivity contribution >= 4 is 50.2 Å². The number of carbonyl (C=O) groups excluding carboxylic acids is 3. The van der Waals surface area contributed by atoms with Gasteiger partial charge < -0.3 is 15.0 Å². The molecular formula is C45H51F2N9O7S. The van der Waals surface area contributed by atoms with Gasteiger partial charge in [-0.3, -0.25) is 38.7 Å². The molecule has 3 aliphatic heterocycles. The van der Waals surface area contributed by atoms with Crippen molar-refractivity contribution in [2.24, 2.45) is 5.41 Å². The van der Waals surface area contributed by atoms with Gasteiger partial charge in [-0.1, -0.05) is 13.0 Å². The number of imide groups is 1. The minimum atomic E-state index is -4.02. The number of benzene rings is 3. The quantitative estimate of drug-likeness (QED) is 0.154. The summed E-state index contributed by atoms with van der Waals surface area (Å²) < 4.78 is 66.4. The third kappa shape index (κ3) is 9.31. The summed E-state index contributed by atoms with van der Waals surface area (Å²) in [5, 5.41) is 15.4. The minimum absolute atomic E-state index is 0.0228. The zero-order valence-electron chi connectivity index (χ0n) is 35.7. The molecule has 4 aliphatic rings. The number of anilines is 2. The van der Waals surface area contributed by atoms with E-state index in [1.165, 1.54) is 25.2 Å². The number of amides is 3. The summed E-state index contributed by atoms with van der Waals surface area (Å²) in [6, 6.07) is 12.8. The number of nitrogens with one attached hydrogen (secondary N) is 3. The second kappa shape index (κ2) is 18.3. The van der Waals surface area contributed by atoms with Gasteiger partial charge in [-0.05, 0) is 124 Å². The number of halogens is 2. The van der Waals surface area contributed by atoms with Crippen LogP contribution in [0.3, 0.4) is 0 Å². The first-order valence-electron chi connectivity index (χ1n) is 21.7. The van der Waals surface area contributed by atoms with Crippen LogP contribution >= 0.6 is 0 Å². The Morgan fingerprint density at radius 1 is 0.984 bits per heavy atom. The van der Waals surface area contributed by atoms with Crippen LogP contribution in [0.1, 0.15) is 87.8 Å². The standard InChI is InChI=1S/C45H51F2N9O7S/c1-3-53(2)64(61,62)52-37-9-6-34(46)42(33(37)25-48)63-31-5-8-36-32(23-31)44(60)56(27-49-36)30-12-15-45(24-30)16-20-55(21-17-45)41(58)26-54-18-13-28(14-19-54)29-4-7-38(35(47)22-29)50-39-10-11-40(57)51-43(39)59/h4-9,22-23,27-28,30,39,50,52H,3,10-21,24,26H2,1-2H3,(H,51,57,59)/t30-,39?/m0/s1. The summed E-state index contributed by atoms with van der Waals surface area (Å²) in [4.78, 5) is 59.7. The van der Waals surface area contributed by atoms with Crippen molar-refractivity contribution in [1.82, 2.24) is 29.0 Å². The van der Waals surface area contributed by atoms with Crippen LogP contribution in [0.15, 0.2) is 59.7 Å². The Labute approximate surface area is 369 Å². The maximum Gasteiger partial charge on any atom is 0.301 e. The molecule has 4 aromatic rings. The number of carbonyl (C=O) groups is 3. The molecular weight excluding hydrogens is 849 g/mol. The number of piperidine rings is 3. The lowest BCUT2D eigenvalue weighted by molar-refractivity contribution is -0.135. The van der Waals surface area contributed by atoms with Crippen molar-refractivity contribution in [3.05, 3.63) is 88.0 Å². The molecule has 8 rings (SSSR count). The lowest BCUT2D eigenvalue weighted by Crippen LogP contribution is -2.47. The molecule has 3 aromatic carbocycles. The van der Waals surface area contributed by atoms with Crippen molar-refractivity contribution in [3.63, 3.8) is 0 Å². The number of fused-ring (bicyclic) bond motifs is 1. The fourth-order valence-electron chi connectivity index (χ4n) is 9.53. The van der Waals surface area contributed by atoms with Crippen molar-refractivity contribution in [2.75, 3.05) is 56.4 Å². The third-order valence-electron chi connectivity index (χ3n) is 13.5. The van der Waals surface area contributed by atoms with Gasteiger partial charge in [0.25, 0.3) is 5.56 Å². The van der Waals surface area contributed by atoms with Crippen LogP contribution < -0.4 is 25.7 Å². The second-order valence-electron chi connectivity index (χ2n) is 17.4. The van der Waals surface area contributed by atoms with E-state index in [4.69, 9.17) is 4.74 Å². The highest BCUT2D eigenvalue weighted by Crippen LogP contribution is 2.50. The lowest BCUT2D eigenvalue weighted by Gasteiger charge is -2.40. The van der Waals surface area contributed by atoms with E-state index in [0.717, 1.165) is 66.9 Å². The summed E-state index contributed by atoms with van der Waals surface area (Å²) in [7, 11) is -2.66. The molecule has 4 heterocycles. The maximum atomic E-state index is 15.1. The first-order valence-corrected chi connectivity index (χ1v) is 23.1. The Bertz CT molecular complexity index is 2690. The first kappa shape index (κ1) is 44.6. The monoisotopic (exact) mass is 899 g/mol. The van der Waals surface area contributed by atoms with E-state index in [1.54, 1.807) is 30.0 Å². The van der Waals surface area contributed by atoms with Crippen molar-refractivity contribution < 1.29 is 36.3 Å². The molecule has 19 heteroatoms. The number of nitrogens with zero attached hydrogens (tertiary/aromatic N) is 6. The lowest BCUT2D eigenvalue weighted by atomic mass is 9.77. The normalized spacial score (nSPS) is 20.7. The van der Waals surface area contributed by atoms with Crippen LogP contribution in [-0.2, 0) is 24.6 Å². The molecule has 3 N–H and O–H groups in total. The van der Waals surface area contributed by atoms with Gasteiger partial charge in [0.1, 0.15) is 29.2 Å². The molecule has 1 saturated carbocycles. The van der Waals surface area contributed by atoms with Crippen LogP contribution in [0.2, 0.25) is 0 Å². The van der Waals surface area contributed by atoms with Gasteiger partial charge in [-0.2, -0.15) is 18.0 Å². The molecule has 1 spiro atoms. The van der Waals surface area contributed by atoms with E-state index in [-0.39, 0.29) is 75.8 Å². The average Bonchev–Trinajstić information content (AvgIpc) is 3.69. The summed E-state index contributed by atoms with van der Waals surface area (Å²) in [6.07, 6.45) is 7.70. The van der Waals surface area contributed by atoms with Crippen molar-refractivity contribution in [2.45, 2.75) is 82.7 Å². The van der Waals surface area contributed by atoms with Gasteiger partial charge in [-0.15, -0.1) is 0 Å². The highest BCUT2D eigenvalue weighted by atomic mass is 32.2. The molecule has 0 bridgehead atoms. The molecule has 3 amide bonds. The van der Waals surface area contributed by atoms with Gasteiger partial charge >= 0.3 is 10.2 Å². The smallest absolute Gasteiger partial charge is 0.301 e. The Hall–Kier alpha value is -5.97. The number of hydrogen-bond acceptors (Lipinski definition) is 11. The number of rotatable bonds is 12. The zero-order chi connectivity index (χ0) is 45.3. The van der Waals surface area contributed by atoms with Gasteiger partial charge in [0, 0.05) is 39.1 Å². The summed E-state index contributed by atoms with van der Waals surface area (Å²) in [5.74, 6) is -2.31.